The second-order valence-electron chi connectivity index (χ2n) is 8.56. The Balaban J connectivity index is 1.31. The number of piperidine rings is 2. The molecule has 3 aliphatic rings. The van der Waals surface area contributed by atoms with Crippen molar-refractivity contribution >= 4 is 5.91 Å². The van der Waals surface area contributed by atoms with Crippen molar-refractivity contribution in [2.75, 3.05) is 13.2 Å². The number of oxazole rings is 1. The lowest BCUT2D eigenvalue weighted by atomic mass is 9.72. The number of hydrogen-bond donors (Lipinski definition) is 0. The first-order chi connectivity index (χ1) is 15.1. The molecule has 160 valence electrons. The molecule has 1 amide bonds. The average molecular weight is 418 g/mol. The van der Waals surface area contributed by atoms with Gasteiger partial charge < -0.3 is 14.1 Å². The van der Waals surface area contributed by atoms with Gasteiger partial charge in [-0.3, -0.25) is 4.79 Å². The van der Waals surface area contributed by atoms with Crippen LogP contribution in [0.5, 0.6) is 5.88 Å². The van der Waals surface area contributed by atoms with Crippen molar-refractivity contribution in [2.24, 2.45) is 11.8 Å². The molecule has 6 rings (SSSR count). The zero-order chi connectivity index (χ0) is 21.4. The molecular weight excluding hydrogens is 392 g/mol. The molecule has 31 heavy (non-hydrogen) atoms. The molecule has 3 fully saturated rings. The smallest absolute Gasteiger partial charge is 0.273 e. The molecule has 0 aromatic carbocycles. The van der Waals surface area contributed by atoms with E-state index in [0.717, 1.165) is 37.2 Å². The minimum atomic E-state index is -0.0358. The summed E-state index contributed by atoms with van der Waals surface area (Å²) in [6.07, 6.45) is 6.19. The fourth-order valence-corrected chi connectivity index (χ4v) is 4.86. The SMILES string of the molecule is Cc1cccc(OCC2CC3CCC2CN3C(=O)c2nc(C)ccc2-c2ncco2)n1. The van der Waals surface area contributed by atoms with Gasteiger partial charge in [-0.05, 0) is 63.1 Å². The maximum Gasteiger partial charge on any atom is 0.273 e. The highest BCUT2D eigenvalue weighted by atomic mass is 16.5. The number of carbonyl (C=O) groups is 1. The Bertz CT molecular complexity index is 1080. The Morgan fingerprint density at radius 2 is 2.03 bits per heavy atom. The van der Waals surface area contributed by atoms with Crippen LogP contribution in [0.25, 0.3) is 11.5 Å². The second-order valence-corrected chi connectivity index (χ2v) is 8.56. The maximum absolute atomic E-state index is 13.5. The Morgan fingerprint density at radius 3 is 2.77 bits per heavy atom. The predicted molar refractivity (Wildman–Crippen MR) is 115 cm³/mol. The summed E-state index contributed by atoms with van der Waals surface area (Å²) in [7, 11) is 0. The van der Waals surface area contributed by atoms with Crippen molar-refractivity contribution < 1.29 is 13.9 Å². The normalized spacial score (nSPS) is 22.5. The van der Waals surface area contributed by atoms with Crippen LogP contribution in [0.1, 0.15) is 41.1 Å². The number of rotatable bonds is 5. The molecular formula is C24H26N4O3. The van der Waals surface area contributed by atoms with Crippen LogP contribution in [0.3, 0.4) is 0 Å². The number of aryl methyl sites for hydroxylation is 2. The summed E-state index contributed by atoms with van der Waals surface area (Å²) in [6.45, 7) is 5.24. The Morgan fingerprint density at radius 1 is 1.16 bits per heavy atom. The average Bonchev–Trinajstić information content (AvgIpc) is 3.32. The Hall–Kier alpha value is -3.22. The van der Waals surface area contributed by atoms with Crippen LogP contribution in [-0.4, -0.2) is 45.0 Å². The van der Waals surface area contributed by atoms with Crippen LogP contribution in [0, 0.1) is 25.7 Å². The molecule has 2 bridgehead atoms. The summed E-state index contributed by atoms with van der Waals surface area (Å²) >= 11 is 0. The number of ether oxygens (including phenoxy) is 1. The van der Waals surface area contributed by atoms with Gasteiger partial charge in [-0.15, -0.1) is 0 Å². The summed E-state index contributed by atoms with van der Waals surface area (Å²) in [6, 6.07) is 9.78. The highest BCUT2D eigenvalue weighted by Gasteiger charge is 2.43. The first-order valence-corrected chi connectivity index (χ1v) is 10.8. The summed E-state index contributed by atoms with van der Waals surface area (Å²) < 4.78 is 11.5. The highest BCUT2D eigenvalue weighted by molar-refractivity contribution is 5.98. The summed E-state index contributed by atoms with van der Waals surface area (Å²) in [5, 5.41) is 0. The molecule has 5 heterocycles. The lowest BCUT2D eigenvalue weighted by molar-refractivity contribution is -0.00505. The first kappa shape index (κ1) is 19.7. The van der Waals surface area contributed by atoms with Gasteiger partial charge in [0.2, 0.25) is 11.8 Å². The van der Waals surface area contributed by atoms with E-state index < -0.39 is 0 Å². The molecule has 0 spiro atoms. The number of aromatic nitrogens is 3. The fraction of sp³-hybridized carbons (Fsp3) is 0.417. The number of pyridine rings is 2. The van der Waals surface area contributed by atoms with Crippen molar-refractivity contribution in [3.05, 3.63) is 59.9 Å². The number of carbonyl (C=O) groups excluding carboxylic acids is 1. The van der Waals surface area contributed by atoms with Crippen LogP contribution in [0.2, 0.25) is 0 Å². The van der Waals surface area contributed by atoms with E-state index in [-0.39, 0.29) is 11.9 Å². The molecule has 1 aliphatic carbocycles. The summed E-state index contributed by atoms with van der Waals surface area (Å²) in [4.78, 5) is 28.8. The largest absolute Gasteiger partial charge is 0.477 e. The molecule has 2 saturated heterocycles. The summed E-state index contributed by atoms with van der Waals surface area (Å²) in [5.74, 6) is 1.92. The molecule has 7 nitrogen and oxygen atoms in total. The third-order valence-corrected chi connectivity index (χ3v) is 6.45. The van der Waals surface area contributed by atoms with Crippen LogP contribution in [-0.2, 0) is 0 Å². The van der Waals surface area contributed by atoms with E-state index in [1.54, 1.807) is 6.20 Å². The highest BCUT2D eigenvalue weighted by Crippen LogP contribution is 2.40. The molecule has 3 aromatic rings. The van der Waals surface area contributed by atoms with E-state index in [1.165, 1.54) is 6.26 Å². The van der Waals surface area contributed by atoms with Gasteiger partial charge in [-0.1, -0.05) is 6.07 Å². The van der Waals surface area contributed by atoms with Crippen molar-refractivity contribution in [2.45, 2.75) is 39.2 Å². The first-order valence-electron chi connectivity index (χ1n) is 10.8. The topological polar surface area (TPSA) is 81.4 Å². The van der Waals surface area contributed by atoms with Gasteiger partial charge in [0.15, 0.2) is 0 Å². The minimum absolute atomic E-state index is 0.0358. The Kier molecular flexibility index (Phi) is 5.18. The van der Waals surface area contributed by atoms with Crippen molar-refractivity contribution in [3.8, 4) is 17.3 Å². The van der Waals surface area contributed by atoms with Gasteiger partial charge in [-0.2, -0.15) is 0 Å². The van der Waals surface area contributed by atoms with Crippen molar-refractivity contribution in [1.82, 2.24) is 19.9 Å². The van der Waals surface area contributed by atoms with Crippen molar-refractivity contribution in [3.63, 3.8) is 0 Å². The van der Waals surface area contributed by atoms with Gasteiger partial charge in [0.05, 0.1) is 18.4 Å². The molecule has 3 atom stereocenters. The zero-order valence-corrected chi connectivity index (χ0v) is 17.8. The summed E-state index contributed by atoms with van der Waals surface area (Å²) in [5.41, 5.74) is 2.82. The van der Waals surface area contributed by atoms with E-state index >= 15 is 0 Å². The van der Waals surface area contributed by atoms with E-state index in [4.69, 9.17) is 9.15 Å². The van der Waals surface area contributed by atoms with E-state index in [0.29, 0.717) is 41.5 Å². The van der Waals surface area contributed by atoms with E-state index in [1.807, 2.05) is 49.1 Å². The molecule has 0 radical (unpaired) electrons. The maximum atomic E-state index is 13.5. The number of fused-ring (bicyclic) bond motifs is 3. The van der Waals surface area contributed by atoms with Gasteiger partial charge in [-0.25, -0.2) is 15.0 Å². The monoisotopic (exact) mass is 418 g/mol. The minimum Gasteiger partial charge on any atom is -0.477 e. The van der Waals surface area contributed by atoms with Crippen LogP contribution in [0.4, 0.5) is 0 Å². The van der Waals surface area contributed by atoms with E-state index in [9.17, 15) is 4.79 Å². The number of amides is 1. The second kappa shape index (κ2) is 8.13. The molecule has 2 aliphatic heterocycles. The van der Waals surface area contributed by atoms with Crippen LogP contribution >= 0.6 is 0 Å². The van der Waals surface area contributed by atoms with Crippen LogP contribution in [0.15, 0.2) is 47.2 Å². The predicted octanol–water partition coefficient (Wildman–Crippen LogP) is 4.07. The number of nitrogens with zero attached hydrogens (tertiary/aromatic N) is 4. The molecule has 3 unspecified atom stereocenters. The van der Waals surface area contributed by atoms with Gasteiger partial charge >= 0.3 is 0 Å². The fourth-order valence-electron chi connectivity index (χ4n) is 4.86. The molecule has 3 aromatic heterocycles. The van der Waals surface area contributed by atoms with Crippen LogP contribution < -0.4 is 4.74 Å². The van der Waals surface area contributed by atoms with Gasteiger partial charge in [0.25, 0.3) is 5.91 Å². The molecule has 7 heteroatoms. The van der Waals surface area contributed by atoms with Gasteiger partial charge in [0.1, 0.15) is 12.0 Å². The lowest BCUT2D eigenvalue weighted by Gasteiger charge is -2.49. The Labute approximate surface area is 181 Å². The third kappa shape index (κ3) is 3.92. The van der Waals surface area contributed by atoms with Gasteiger partial charge in [0, 0.05) is 30.0 Å². The lowest BCUT2D eigenvalue weighted by Crippen LogP contribution is -2.55. The molecule has 0 N–H and O–H groups in total. The van der Waals surface area contributed by atoms with Crippen molar-refractivity contribution in [1.29, 1.82) is 0 Å². The quantitative estimate of drug-likeness (QED) is 0.621. The van der Waals surface area contributed by atoms with E-state index in [2.05, 4.69) is 15.0 Å². The number of hydrogen-bond acceptors (Lipinski definition) is 6. The zero-order valence-electron chi connectivity index (χ0n) is 17.8. The third-order valence-electron chi connectivity index (χ3n) is 6.45. The standard InChI is InChI=1S/C24H26N4O3/c1-15-4-3-5-21(26-15)31-14-18-12-19-8-7-17(18)13-28(19)24(29)22-20(9-6-16(2)27-22)23-25-10-11-30-23/h3-6,9-11,17-19H,7-8,12-14H2,1-2H3. The molecule has 1 saturated carbocycles.